The molecule has 2 saturated heterocycles. The van der Waals surface area contributed by atoms with Gasteiger partial charge in [0.05, 0.1) is 22.7 Å². The Morgan fingerprint density at radius 1 is 1.48 bits per heavy atom. The van der Waals surface area contributed by atoms with Crippen molar-refractivity contribution in [3.05, 3.63) is 29.1 Å². The summed E-state index contributed by atoms with van der Waals surface area (Å²) in [6, 6.07) is 2.88. The number of carbonyl (C=O) groups excluding carboxylic acids is 3. The number of sulfone groups is 1. The summed E-state index contributed by atoms with van der Waals surface area (Å²) in [5.74, 6) is -0.640. The van der Waals surface area contributed by atoms with Crippen molar-refractivity contribution in [2.75, 3.05) is 25.1 Å². The lowest BCUT2D eigenvalue weighted by Crippen LogP contribution is -2.45. The average molecular weight is 384 g/mol. The molecule has 0 radical (unpaired) electrons. The van der Waals surface area contributed by atoms with Gasteiger partial charge in [0, 0.05) is 19.2 Å². The van der Waals surface area contributed by atoms with E-state index >= 15 is 0 Å². The molecule has 134 valence electrons. The zero-order valence-electron chi connectivity index (χ0n) is 13.4. The maximum atomic E-state index is 12.3. The van der Waals surface area contributed by atoms with Crippen LogP contribution in [0.4, 0.5) is 4.79 Å². The summed E-state index contributed by atoms with van der Waals surface area (Å²) >= 11 is 0.738. The van der Waals surface area contributed by atoms with E-state index in [1.54, 1.807) is 12.1 Å². The first-order chi connectivity index (χ1) is 11.8. The quantitative estimate of drug-likeness (QED) is 0.712. The molecule has 1 atom stereocenters. The van der Waals surface area contributed by atoms with Gasteiger partial charge in [-0.1, -0.05) is 0 Å². The number of hydrogen-bond acceptors (Lipinski definition) is 7. The zero-order valence-corrected chi connectivity index (χ0v) is 15.0. The molecule has 0 aromatic carbocycles. The highest BCUT2D eigenvalue weighted by molar-refractivity contribution is 8.18. The van der Waals surface area contributed by atoms with Crippen LogP contribution in [0.1, 0.15) is 12.2 Å². The number of likely N-dealkylation sites (N-methyl/N-ethyl adjacent to an activating group) is 1. The van der Waals surface area contributed by atoms with Gasteiger partial charge in [-0.25, -0.2) is 8.42 Å². The molecule has 2 fully saturated rings. The van der Waals surface area contributed by atoms with Crippen LogP contribution in [0.2, 0.25) is 0 Å². The lowest BCUT2D eigenvalue weighted by molar-refractivity contribution is -0.136. The molecule has 8 nitrogen and oxygen atoms in total. The van der Waals surface area contributed by atoms with Gasteiger partial charge in [-0.3, -0.25) is 19.3 Å². The molecular weight excluding hydrogens is 368 g/mol. The van der Waals surface area contributed by atoms with Crippen molar-refractivity contribution in [2.45, 2.75) is 12.5 Å². The van der Waals surface area contributed by atoms with Gasteiger partial charge in [0.1, 0.15) is 12.3 Å². The first-order valence-corrected chi connectivity index (χ1v) is 10.2. The van der Waals surface area contributed by atoms with E-state index in [1.165, 1.54) is 24.3 Å². The second-order valence-corrected chi connectivity index (χ2v) is 9.07. The molecule has 25 heavy (non-hydrogen) atoms. The first-order valence-electron chi connectivity index (χ1n) is 7.52. The van der Waals surface area contributed by atoms with E-state index in [-0.39, 0.29) is 16.4 Å². The standard InChI is InChI=1S/C15H16N2O6S2/c1-16(10-4-6-25(21,22)9-10)13(18)8-17-14(19)12(24-15(17)20)7-11-3-2-5-23-11/h2-3,5,7,10H,4,6,8-9H2,1H3/b12-7+/t10-/m0/s1. The number of rotatable bonds is 4. The maximum Gasteiger partial charge on any atom is 0.294 e. The van der Waals surface area contributed by atoms with E-state index < -0.39 is 39.5 Å². The van der Waals surface area contributed by atoms with Crippen LogP contribution in [0.15, 0.2) is 27.7 Å². The van der Waals surface area contributed by atoms with Crippen molar-refractivity contribution in [1.29, 1.82) is 0 Å². The van der Waals surface area contributed by atoms with Gasteiger partial charge in [0.25, 0.3) is 11.1 Å². The molecule has 0 N–H and O–H groups in total. The van der Waals surface area contributed by atoms with E-state index in [0.717, 1.165) is 16.7 Å². The number of thioether (sulfide) groups is 1. The summed E-state index contributed by atoms with van der Waals surface area (Å²) in [6.07, 6.45) is 3.26. The molecular formula is C15H16N2O6S2. The highest BCUT2D eigenvalue weighted by Crippen LogP contribution is 2.32. The fourth-order valence-corrected chi connectivity index (χ4v) is 5.26. The molecule has 1 aromatic rings. The highest BCUT2D eigenvalue weighted by atomic mass is 32.2. The monoisotopic (exact) mass is 384 g/mol. The lowest BCUT2D eigenvalue weighted by atomic mass is 10.2. The van der Waals surface area contributed by atoms with Crippen LogP contribution in [-0.4, -0.2) is 66.4 Å². The highest BCUT2D eigenvalue weighted by Gasteiger charge is 2.39. The second-order valence-electron chi connectivity index (χ2n) is 5.84. The van der Waals surface area contributed by atoms with E-state index in [0.29, 0.717) is 12.2 Å². The Kier molecular flexibility index (Phi) is 4.74. The van der Waals surface area contributed by atoms with Gasteiger partial charge in [0.15, 0.2) is 9.84 Å². The van der Waals surface area contributed by atoms with Crippen LogP contribution in [0, 0.1) is 0 Å². The van der Waals surface area contributed by atoms with Crippen molar-refractivity contribution in [2.24, 2.45) is 0 Å². The van der Waals surface area contributed by atoms with Crippen molar-refractivity contribution < 1.29 is 27.2 Å². The van der Waals surface area contributed by atoms with Gasteiger partial charge < -0.3 is 9.32 Å². The second kappa shape index (κ2) is 6.68. The topological polar surface area (TPSA) is 105 Å². The Hall–Kier alpha value is -2.07. The molecule has 3 rings (SSSR count). The molecule has 0 aliphatic carbocycles. The van der Waals surface area contributed by atoms with Crippen molar-refractivity contribution in [1.82, 2.24) is 9.80 Å². The summed E-state index contributed by atoms with van der Waals surface area (Å²) in [7, 11) is -1.63. The zero-order chi connectivity index (χ0) is 18.2. The Bertz CT molecular complexity index is 843. The van der Waals surface area contributed by atoms with E-state index in [2.05, 4.69) is 0 Å². The Balaban J connectivity index is 1.67. The minimum atomic E-state index is -3.13. The molecule has 0 spiro atoms. The predicted octanol–water partition coefficient (Wildman–Crippen LogP) is 0.961. The summed E-state index contributed by atoms with van der Waals surface area (Å²) in [4.78, 5) is 39.1. The van der Waals surface area contributed by atoms with Crippen molar-refractivity contribution in [3.8, 4) is 0 Å². The van der Waals surface area contributed by atoms with Crippen molar-refractivity contribution >= 4 is 44.7 Å². The third-order valence-corrected chi connectivity index (χ3v) is 6.79. The van der Waals surface area contributed by atoms with E-state index in [1.807, 2.05) is 0 Å². The van der Waals surface area contributed by atoms with E-state index in [4.69, 9.17) is 4.42 Å². The summed E-state index contributed by atoms with van der Waals surface area (Å²) in [5.41, 5.74) is 0. The molecule has 3 amide bonds. The smallest absolute Gasteiger partial charge is 0.294 e. The summed E-state index contributed by atoms with van der Waals surface area (Å²) < 4.78 is 28.2. The largest absolute Gasteiger partial charge is 0.465 e. The first kappa shape index (κ1) is 17.7. The Labute approximate surface area is 148 Å². The molecule has 2 aliphatic rings. The molecule has 1 aromatic heterocycles. The van der Waals surface area contributed by atoms with Gasteiger partial charge in [-0.05, 0) is 30.3 Å². The Morgan fingerprint density at radius 3 is 2.84 bits per heavy atom. The summed E-state index contributed by atoms with van der Waals surface area (Å²) in [5, 5.41) is -0.538. The third-order valence-electron chi connectivity index (χ3n) is 4.13. The Morgan fingerprint density at radius 2 is 2.24 bits per heavy atom. The fourth-order valence-electron chi connectivity index (χ4n) is 2.67. The average Bonchev–Trinajstić information content (AvgIpc) is 3.24. The van der Waals surface area contributed by atoms with Gasteiger partial charge in [-0.15, -0.1) is 0 Å². The molecule has 10 heteroatoms. The summed E-state index contributed by atoms with van der Waals surface area (Å²) in [6.45, 7) is -0.410. The molecule has 0 unspecified atom stereocenters. The lowest BCUT2D eigenvalue weighted by Gasteiger charge is -2.25. The van der Waals surface area contributed by atoms with Gasteiger partial charge in [-0.2, -0.15) is 0 Å². The number of imide groups is 1. The maximum absolute atomic E-state index is 12.3. The van der Waals surface area contributed by atoms with Crippen LogP contribution in [0.5, 0.6) is 0 Å². The molecule has 3 heterocycles. The number of amides is 3. The van der Waals surface area contributed by atoms with Crippen LogP contribution < -0.4 is 0 Å². The minimum absolute atomic E-state index is 0.0444. The molecule has 0 saturated carbocycles. The minimum Gasteiger partial charge on any atom is -0.465 e. The van der Waals surface area contributed by atoms with Crippen molar-refractivity contribution in [3.63, 3.8) is 0 Å². The normalized spacial score (nSPS) is 24.3. The number of furan rings is 1. The van der Waals surface area contributed by atoms with Gasteiger partial charge in [0.2, 0.25) is 5.91 Å². The van der Waals surface area contributed by atoms with Crippen LogP contribution in [-0.2, 0) is 19.4 Å². The molecule has 2 aliphatic heterocycles. The number of hydrogen-bond donors (Lipinski definition) is 0. The number of nitrogens with zero attached hydrogens (tertiary/aromatic N) is 2. The van der Waals surface area contributed by atoms with Gasteiger partial charge >= 0.3 is 0 Å². The fraction of sp³-hybridized carbons (Fsp3) is 0.400. The van der Waals surface area contributed by atoms with Crippen LogP contribution in [0.25, 0.3) is 6.08 Å². The van der Waals surface area contributed by atoms with E-state index in [9.17, 15) is 22.8 Å². The van der Waals surface area contributed by atoms with Crippen LogP contribution >= 0.6 is 11.8 Å². The molecule has 0 bridgehead atoms. The predicted molar refractivity (Wildman–Crippen MR) is 91.2 cm³/mol. The van der Waals surface area contributed by atoms with Crippen LogP contribution in [0.3, 0.4) is 0 Å². The number of carbonyl (C=O) groups is 3. The third kappa shape index (κ3) is 3.79. The SMILES string of the molecule is CN(C(=O)CN1C(=O)S/C(=C/c2ccco2)C1=O)[C@H]1CCS(=O)(=O)C1.